The highest BCUT2D eigenvalue weighted by Gasteiger charge is 2.16. The van der Waals surface area contributed by atoms with Crippen LogP contribution in [0, 0.1) is 27.7 Å². The van der Waals surface area contributed by atoms with Crippen molar-refractivity contribution in [1.82, 2.24) is 0 Å². The van der Waals surface area contributed by atoms with E-state index in [-0.39, 0.29) is 0 Å². The Balaban J connectivity index is 1.34. The number of nitrogens with zero attached hydrogens (tertiary/aromatic N) is 2. The molecule has 0 unspecified atom stereocenters. The van der Waals surface area contributed by atoms with Gasteiger partial charge in [0.05, 0.1) is 0 Å². The fourth-order valence-electron chi connectivity index (χ4n) is 6.69. The molecule has 2 heteroatoms. The normalized spacial score (nSPS) is 11.0. The summed E-state index contributed by atoms with van der Waals surface area (Å²) in [5, 5.41) is 0. The summed E-state index contributed by atoms with van der Waals surface area (Å²) in [6.45, 7) is 13.2. The van der Waals surface area contributed by atoms with Gasteiger partial charge < -0.3 is 9.80 Å². The van der Waals surface area contributed by atoms with Crippen molar-refractivity contribution in [3.8, 4) is 11.1 Å². The number of benzene rings is 6. The lowest BCUT2D eigenvalue weighted by Crippen LogP contribution is -2.11. The first kappa shape index (κ1) is 32.8. The zero-order valence-electron chi connectivity index (χ0n) is 29.4. The molecule has 6 aromatic carbocycles. The molecule has 0 aliphatic carbocycles. The second-order valence-electron chi connectivity index (χ2n) is 13.3. The molecule has 0 heterocycles. The van der Waals surface area contributed by atoms with Crippen LogP contribution >= 0.6 is 0 Å². The summed E-state index contributed by atoms with van der Waals surface area (Å²) in [6.07, 6.45) is 4.43. The van der Waals surface area contributed by atoms with Gasteiger partial charge in [0.15, 0.2) is 0 Å². The maximum atomic E-state index is 2.38. The van der Waals surface area contributed by atoms with Gasteiger partial charge in [0, 0.05) is 34.1 Å². The summed E-state index contributed by atoms with van der Waals surface area (Å²) in [7, 11) is 0. The average Bonchev–Trinajstić information content (AvgIpc) is 3.07. The van der Waals surface area contributed by atoms with E-state index >= 15 is 0 Å². The van der Waals surface area contributed by atoms with Crippen LogP contribution in [0.15, 0.2) is 133 Å². The van der Waals surface area contributed by atoms with Crippen LogP contribution in [0.25, 0.3) is 11.1 Å². The highest BCUT2D eigenvalue weighted by molar-refractivity contribution is 5.81. The maximum absolute atomic E-state index is 2.38. The summed E-state index contributed by atoms with van der Waals surface area (Å²) in [4.78, 5) is 4.76. The molecule has 0 saturated heterocycles. The fourth-order valence-corrected chi connectivity index (χ4v) is 6.69. The van der Waals surface area contributed by atoms with Crippen molar-refractivity contribution >= 4 is 34.1 Å². The quantitative estimate of drug-likeness (QED) is 0.141. The van der Waals surface area contributed by atoms with Crippen molar-refractivity contribution in [2.24, 2.45) is 0 Å². The molecule has 0 atom stereocenters. The number of aryl methyl sites for hydroxylation is 6. The van der Waals surface area contributed by atoms with Crippen LogP contribution in [0.5, 0.6) is 0 Å². The Morgan fingerprint density at radius 2 is 0.646 bits per heavy atom. The minimum atomic E-state index is 1.08. The summed E-state index contributed by atoms with van der Waals surface area (Å²) in [5.41, 5.74) is 17.3. The largest absolute Gasteiger partial charge is 0.310 e. The van der Waals surface area contributed by atoms with Crippen molar-refractivity contribution in [2.45, 2.75) is 67.2 Å². The van der Waals surface area contributed by atoms with Gasteiger partial charge in [-0.05, 0) is 147 Å². The van der Waals surface area contributed by atoms with Crippen LogP contribution in [0.4, 0.5) is 34.1 Å². The third-order valence-electron chi connectivity index (χ3n) is 9.01. The van der Waals surface area contributed by atoms with E-state index in [1.807, 2.05) is 0 Å². The fraction of sp³-hybridized carbons (Fsp3) is 0.217. The molecule has 242 valence electrons. The lowest BCUT2D eigenvalue weighted by Gasteiger charge is -2.27. The van der Waals surface area contributed by atoms with Crippen molar-refractivity contribution in [2.75, 3.05) is 9.80 Å². The second-order valence-corrected chi connectivity index (χ2v) is 13.3. The number of rotatable bonds is 11. The first-order chi connectivity index (χ1) is 23.3. The molecule has 0 fully saturated rings. The van der Waals surface area contributed by atoms with Gasteiger partial charge in [-0.25, -0.2) is 0 Å². The van der Waals surface area contributed by atoms with Crippen LogP contribution in [-0.2, 0) is 12.8 Å². The maximum Gasteiger partial charge on any atom is 0.0466 e. The number of anilines is 6. The van der Waals surface area contributed by atoms with Crippen molar-refractivity contribution in [3.05, 3.63) is 167 Å². The van der Waals surface area contributed by atoms with Crippen LogP contribution in [-0.4, -0.2) is 0 Å². The summed E-state index contributed by atoms with van der Waals surface area (Å²) < 4.78 is 0. The molecule has 0 aliphatic rings. The molecule has 6 aromatic rings. The van der Waals surface area contributed by atoms with Crippen molar-refractivity contribution < 1.29 is 0 Å². The van der Waals surface area contributed by atoms with Gasteiger partial charge in [-0.3, -0.25) is 0 Å². The van der Waals surface area contributed by atoms with E-state index in [0.29, 0.717) is 0 Å². The molecule has 0 saturated carbocycles. The highest BCUT2D eigenvalue weighted by Crippen LogP contribution is 2.39. The predicted octanol–water partition coefficient (Wildman–Crippen LogP) is 13.4. The molecular weight excluding hydrogens is 581 g/mol. The molecule has 0 amide bonds. The van der Waals surface area contributed by atoms with Gasteiger partial charge in [0.2, 0.25) is 0 Å². The van der Waals surface area contributed by atoms with Crippen LogP contribution in [0.2, 0.25) is 0 Å². The van der Waals surface area contributed by atoms with Crippen LogP contribution in [0.1, 0.15) is 60.1 Å². The lowest BCUT2D eigenvalue weighted by atomic mass is 10.0. The molecule has 48 heavy (non-hydrogen) atoms. The molecule has 0 N–H and O–H groups in total. The molecule has 0 aromatic heterocycles. The molecular formula is C46H48N2. The lowest BCUT2D eigenvalue weighted by molar-refractivity contribution is 0.919. The standard InChI is InChI=1S/C46H48N2/c1-7-9-37-27-35(5)29-45(31-37)47(41-19-11-33(3)12-20-41)43-23-15-39(16-24-43)40-17-25-44(26-18-40)48(42-21-13-34(4)14-22-42)46-30-36(6)28-38(32-46)10-8-2/h11-32H,7-10H2,1-6H3. The minimum absolute atomic E-state index is 1.08. The third-order valence-corrected chi connectivity index (χ3v) is 9.01. The SMILES string of the molecule is CCCc1cc(C)cc(N(c2ccc(C)cc2)c2ccc(-c3ccc(N(c4ccc(C)cc4)c4cc(C)cc(CCC)c4)cc3)cc2)c1. The van der Waals surface area contributed by atoms with Gasteiger partial charge in [-0.2, -0.15) is 0 Å². The average molecular weight is 629 g/mol. The third kappa shape index (κ3) is 7.55. The van der Waals surface area contributed by atoms with E-state index < -0.39 is 0 Å². The Morgan fingerprint density at radius 1 is 0.333 bits per heavy atom. The van der Waals surface area contributed by atoms with E-state index in [9.17, 15) is 0 Å². The zero-order valence-corrected chi connectivity index (χ0v) is 29.4. The first-order valence-corrected chi connectivity index (χ1v) is 17.5. The van der Waals surface area contributed by atoms with Gasteiger partial charge in [-0.1, -0.05) is 98.5 Å². The molecule has 0 radical (unpaired) electrons. The second kappa shape index (κ2) is 14.8. The van der Waals surface area contributed by atoms with E-state index in [4.69, 9.17) is 0 Å². The smallest absolute Gasteiger partial charge is 0.0466 e. The van der Waals surface area contributed by atoms with E-state index in [2.05, 4.69) is 185 Å². The Hall–Kier alpha value is -5.08. The van der Waals surface area contributed by atoms with Gasteiger partial charge >= 0.3 is 0 Å². The van der Waals surface area contributed by atoms with E-state index in [0.717, 1.165) is 37.1 Å². The van der Waals surface area contributed by atoms with E-state index in [1.165, 1.54) is 67.3 Å². The van der Waals surface area contributed by atoms with Gasteiger partial charge in [-0.15, -0.1) is 0 Å². The van der Waals surface area contributed by atoms with Gasteiger partial charge in [0.1, 0.15) is 0 Å². The van der Waals surface area contributed by atoms with Crippen molar-refractivity contribution in [1.29, 1.82) is 0 Å². The molecule has 0 aliphatic heterocycles. The van der Waals surface area contributed by atoms with E-state index in [1.54, 1.807) is 0 Å². The predicted molar refractivity (Wildman–Crippen MR) is 208 cm³/mol. The molecule has 6 rings (SSSR count). The molecule has 2 nitrogen and oxygen atoms in total. The topological polar surface area (TPSA) is 6.48 Å². The minimum Gasteiger partial charge on any atom is -0.310 e. The monoisotopic (exact) mass is 628 g/mol. The first-order valence-electron chi connectivity index (χ1n) is 17.5. The van der Waals surface area contributed by atoms with Crippen molar-refractivity contribution in [3.63, 3.8) is 0 Å². The Kier molecular flexibility index (Phi) is 10.1. The summed E-state index contributed by atoms with van der Waals surface area (Å²) >= 11 is 0. The number of hydrogen-bond donors (Lipinski definition) is 0. The van der Waals surface area contributed by atoms with Gasteiger partial charge in [0.25, 0.3) is 0 Å². The Labute approximate surface area is 288 Å². The molecule has 0 spiro atoms. The zero-order chi connectivity index (χ0) is 33.6. The highest BCUT2D eigenvalue weighted by atomic mass is 15.1. The molecule has 0 bridgehead atoms. The summed E-state index contributed by atoms with van der Waals surface area (Å²) in [6, 6.07) is 49.6. The Bertz CT molecular complexity index is 1800. The summed E-state index contributed by atoms with van der Waals surface area (Å²) in [5.74, 6) is 0. The Morgan fingerprint density at radius 3 is 0.958 bits per heavy atom. The number of hydrogen-bond acceptors (Lipinski definition) is 2. The van der Waals surface area contributed by atoms with Crippen LogP contribution < -0.4 is 9.80 Å². The van der Waals surface area contributed by atoms with Crippen LogP contribution in [0.3, 0.4) is 0 Å².